The van der Waals surface area contributed by atoms with Gasteiger partial charge in [0.1, 0.15) is 11.3 Å². The molecule has 0 radical (unpaired) electrons. The van der Waals surface area contributed by atoms with E-state index in [0.717, 1.165) is 35.3 Å². The maximum Gasteiger partial charge on any atom is 0.223 e. The van der Waals surface area contributed by atoms with E-state index in [2.05, 4.69) is 23.1 Å². The van der Waals surface area contributed by atoms with Crippen LogP contribution in [0.25, 0.3) is 16.6 Å². The van der Waals surface area contributed by atoms with Crippen molar-refractivity contribution in [1.82, 2.24) is 24.6 Å². The van der Waals surface area contributed by atoms with Crippen LogP contribution in [0.15, 0.2) is 30.5 Å². The van der Waals surface area contributed by atoms with E-state index in [1.165, 1.54) is 5.56 Å². The van der Waals surface area contributed by atoms with Gasteiger partial charge < -0.3 is 16.2 Å². The Kier molecular flexibility index (Phi) is 4.37. The van der Waals surface area contributed by atoms with Gasteiger partial charge in [0.15, 0.2) is 11.5 Å². The molecule has 1 aliphatic rings. The van der Waals surface area contributed by atoms with Gasteiger partial charge in [-0.1, -0.05) is 6.07 Å². The highest BCUT2D eigenvalue weighted by atomic mass is 16.5. The molecule has 1 aromatic carbocycles. The molecule has 160 valence electrons. The summed E-state index contributed by atoms with van der Waals surface area (Å²) in [6.45, 7) is 6.11. The van der Waals surface area contributed by atoms with Gasteiger partial charge >= 0.3 is 0 Å². The highest BCUT2D eigenvalue weighted by molar-refractivity contribution is 5.95. The lowest BCUT2D eigenvalue weighted by Gasteiger charge is -2.33. The van der Waals surface area contributed by atoms with Crippen molar-refractivity contribution >= 4 is 22.5 Å². The first kappa shape index (κ1) is 19.7. The third-order valence-electron chi connectivity index (χ3n) is 6.27. The average molecular weight is 418 g/mol. The Morgan fingerprint density at radius 2 is 1.94 bits per heavy atom. The van der Waals surface area contributed by atoms with Gasteiger partial charge in [-0.15, -0.1) is 5.10 Å². The number of hydrogen-bond donors (Lipinski definition) is 2. The van der Waals surface area contributed by atoms with Gasteiger partial charge in [0.2, 0.25) is 5.95 Å². The first-order valence-corrected chi connectivity index (χ1v) is 10.5. The number of anilines is 1. The van der Waals surface area contributed by atoms with Crippen LogP contribution in [0.1, 0.15) is 61.2 Å². The Morgan fingerprint density at radius 1 is 1.16 bits per heavy atom. The summed E-state index contributed by atoms with van der Waals surface area (Å²) in [6.07, 6.45) is 3.85. The minimum absolute atomic E-state index is 0.276. The normalized spacial score (nSPS) is 19.0. The van der Waals surface area contributed by atoms with Crippen LogP contribution in [0.2, 0.25) is 0 Å². The number of fused-ring (bicyclic) bond motifs is 3. The van der Waals surface area contributed by atoms with Crippen molar-refractivity contribution in [2.24, 2.45) is 5.73 Å². The minimum Gasteiger partial charge on any atom is -0.494 e. The van der Waals surface area contributed by atoms with Crippen LogP contribution < -0.4 is 16.2 Å². The molecular weight excluding hydrogens is 390 g/mol. The van der Waals surface area contributed by atoms with E-state index < -0.39 is 5.54 Å². The second kappa shape index (κ2) is 6.88. The molecule has 3 heterocycles. The Hall–Kier alpha value is -3.26. The lowest BCUT2D eigenvalue weighted by Crippen LogP contribution is -2.30. The van der Waals surface area contributed by atoms with E-state index in [4.69, 9.17) is 26.2 Å². The number of benzene rings is 1. The summed E-state index contributed by atoms with van der Waals surface area (Å²) < 4.78 is 7.06. The first-order chi connectivity index (χ1) is 14.8. The Morgan fingerprint density at radius 3 is 2.61 bits per heavy atom. The van der Waals surface area contributed by atoms with E-state index in [1.54, 1.807) is 11.6 Å². The standard InChI is InChI=1S/C23H27N7O/c1-12-8-17(26-11-16(12)23(2,3)25)13-9-14(10-13)20-28-21-15-6-5-7-18(31-4)19(15)27-22(24)30(21)29-20/h5-8,11,13-14H,9-10,25H2,1-4H3,(H2,24,27)/t13-,14+. The first-order valence-electron chi connectivity index (χ1n) is 10.5. The van der Waals surface area contributed by atoms with Gasteiger partial charge in [-0.2, -0.15) is 4.52 Å². The maximum atomic E-state index is 6.25. The monoisotopic (exact) mass is 417 g/mol. The Bertz CT molecular complexity index is 1300. The molecule has 0 atom stereocenters. The zero-order valence-corrected chi connectivity index (χ0v) is 18.3. The van der Waals surface area contributed by atoms with Crippen LogP contribution in [0.4, 0.5) is 5.95 Å². The molecule has 8 heteroatoms. The third-order valence-corrected chi connectivity index (χ3v) is 6.27. The van der Waals surface area contributed by atoms with Gasteiger partial charge in [0, 0.05) is 34.7 Å². The van der Waals surface area contributed by atoms with Gasteiger partial charge in [0.25, 0.3) is 0 Å². The number of aryl methyl sites for hydroxylation is 1. The van der Waals surface area contributed by atoms with Gasteiger partial charge in [0.05, 0.1) is 7.11 Å². The number of aromatic nitrogens is 5. The molecule has 0 unspecified atom stereocenters. The Labute approximate surface area is 180 Å². The number of pyridine rings is 1. The fourth-order valence-electron chi connectivity index (χ4n) is 4.53. The molecule has 1 fully saturated rings. The van der Waals surface area contributed by atoms with E-state index in [-0.39, 0.29) is 5.92 Å². The van der Waals surface area contributed by atoms with Crippen molar-refractivity contribution in [3.63, 3.8) is 0 Å². The summed E-state index contributed by atoms with van der Waals surface area (Å²) in [4.78, 5) is 14.0. The van der Waals surface area contributed by atoms with Crippen molar-refractivity contribution in [3.05, 3.63) is 53.1 Å². The number of ether oxygens (including phenoxy) is 1. The van der Waals surface area contributed by atoms with Gasteiger partial charge in [-0.05, 0) is 62.9 Å². The van der Waals surface area contributed by atoms with Crippen LogP contribution in [0.5, 0.6) is 5.75 Å². The molecule has 1 saturated carbocycles. The summed E-state index contributed by atoms with van der Waals surface area (Å²) in [5, 5.41) is 5.55. The number of hydrogen-bond acceptors (Lipinski definition) is 7. The zero-order valence-electron chi connectivity index (χ0n) is 18.3. The van der Waals surface area contributed by atoms with Crippen LogP contribution >= 0.6 is 0 Å². The molecule has 0 amide bonds. The number of para-hydroxylation sites is 1. The van der Waals surface area contributed by atoms with Crippen molar-refractivity contribution in [3.8, 4) is 5.75 Å². The number of nitrogens with two attached hydrogens (primary N) is 2. The summed E-state index contributed by atoms with van der Waals surface area (Å²) in [5.74, 6) is 2.45. The van der Waals surface area contributed by atoms with Crippen LogP contribution in [0.3, 0.4) is 0 Å². The fraction of sp³-hybridized carbons (Fsp3) is 0.391. The van der Waals surface area contributed by atoms with E-state index in [0.29, 0.717) is 28.8 Å². The molecule has 1 aliphatic carbocycles. The predicted molar refractivity (Wildman–Crippen MR) is 120 cm³/mol. The van der Waals surface area contributed by atoms with E-state index in [9.17, 15) is 0 Å². The number of methoxy groups -OCH3 is 1. The summed E-state index contributed by atoms with van der Waals surface area (Å²) in [6, 6.07) is 7.93. The summed E-state index contributed by atoms with van der Waals surface area (Å²) in [5.41, 5.74) is 16.8. The molecule has 4 aromatic rings. The maximum absolute atomic E-state index is 6.25. The van der Waals surface area contributed by atoms with Gasteiger partial charge in [-0.3, -0.25) is 4.98 Å². The van der Waals surface area contributed by atoms with E-state index in [1.807, 2.05) is 38.2 Å². The quantitative estimate of drug-likeness (QED) is 0.522. The van der Waals surface area contributed by atoms with Crippen molar-refractivity contribution < 1.29 is 4.74 Å². The number of rotatable bonds is 4. The molecule has 0 spiro atoms. The Balaban J connectivity index is 1.43. The lowest BCUT2D eigenvalue weighted by molar-refractivity contribution is 0.332. The van der Waals surface area contributed by atoms with Crippen LogP contribution in [-0.4, -0.2) is 31.7 Å². The zero-order chi connectivity index (χ0) is 21.9. The second-order valence-corrected chi connectivity index (χ2v) is 9.04. The highest BCUT2D eigenvalue weighted by Gasteiger charge is 2.36. The third kappa shape index (κ3) is 3.18. The predicted octanol–water partition coefficient (Wildman–Crippen LogP) is 3.43. The average Bonchev–Trinajstić information content (AvgIpc) is 3.11. The van der Waals surface area contributed by atoms with Crippen LogP contribution in [0, 0.1) is 6.92 Å². The summed E-state index contributed by atoms with van der Waals surface area (Å²) >= 11 is 0. The second-order valence-electron chi connectivity index (χ2n) is 9.04. The number of nitrogen functional groups attached to an aromatic ring is 1. The van der Waals surface area contributed by atoms with Crippen molar-refractivity contribution in [2.45, 2.75) is 51.0 Å². The molecule has 3 aromatic heterocycles. The molecule has 0 saturated heterocycles. The molecule has 5 rings (SSSR count). The molecule has 4 N–H and O–H groups in total. The molecule has 0 aliphatic heterocycles. The van der Waals surface area contributed by atoms with Crippen molar-refractivity contribution in [1.29, 1.82) is 0 Å². The minimum atomic E-state index is -0.391. The summed E-state index contributed by atoms with van der Waals surface area (Å²) in [7, 11) is 1.62. The van der Waals surface area contributed by atoms with Crippen LogP contribution in [-0.2, 0) is 5.54 Å². The highest BCUT2D eigenvalue weighted by Crippen LogP contribution is 2.46. The largest absolute Gasteiger partial charge is 0.494 e. The van der Waals surface area contributed by atoms with Gasteiger partial charge in [-0.25, -0.2) is 9.97 Å². The topological polar surface area (TPSA) is 117 Å². The molecule has 8 nitrogen and oxygen atoms in total. The SMILES string of the molecule is COc1cccc2c1nc(N)n1nc([C@H]3C[C@@H](c4cc(C)c(C(C)(C)N)cn4)C3)nc21. The molecule has 31 heavy (non-hydrogen) atoms. The molecule has 0 bridgehead atoms. The van der Waals surface area contributed by atoms with E-state index >= 15 is 0 Å². The van der Waals surface area contributed by atoms with Crippen molar-refractivity contribution in [2.75, 3.05) is 12.8 Å². The fourth-order valence-corrected chi connectivity index (χ4v) is 4.53. The number of nitrogens with zero attached hydrogens (tertiary/aromatic N) is 5. The molecular formula is C23H27N7O. The smallest absolute Gasteiger partial charge is 0.223 e. The lowest BCUT2D eigenvalue weighted by atomic mass is 9.72.